The van der Waals surface area contributed by atoms with E-state index in [4.69, 9.17) is 5.73 Å². The maximum absolute atomic E-state index is 12.7. The second-order valence-electron chi connectivity index (χ2n) is 2.66. The summed E-state index contributed by atoms with van der Waals surface area (Å²) in [5, 5.41) is 1.12. The molecule has 2 amide bonds. The van der Waals surface area contributed by atoms with Crippen LogP contribution in [-0.2, 0) is 0 Å². The summed E-state index contributed by atoms with van der Waals surface area (Å²) in [5.74, 6) is -1.45. The van der Waals surface area contributed by atoms with Gasteiger partial charge in [-0.25, -0.2) is 19.0 Å². The summed E-state index contributed by atoms with van der Waals surface area (Å²) in [5.41, 5.74) is 7.15. The van der Waals surface area contributed by atoms with Crippen molar-refractivity contribution in [3.8, 4) is 0 Å². The van der Waals surface area contributed by atoms with Crippen molar-refractivity contribution in [1.82, 2.24) is 5.43 Å². The molecule has 0 spiro atoms. The monoisotopic (exact) mass is 201 g/mol. The molecule has 4 nitrogen and oxygen atoms in total. The molecule has 0 aliphatic rings. The smallest absolute Gasteiger partial charge is 0.330 e. The number of hydrazine groups is 1. The van der Waals surface area contributed by atoms with Gasteiger partial charge < -0.3 is 5.73 Å². The first-order valence-corrected chi connectivity index (χ1v) is 3.75. The van der Waals surface area contributed by atoms with Crippen LogP contribution in [0.1, 0.15) is 0 Å². The average Bonchev–Trinajstić information content (AvgIpc) is 2.00. The molecule has 14 heavy (non-hydrogen) atoms. The minimum atomic E-state index is -0.808. The molecule has 6 heteroatoms. The lowest BCUT2D eigenvalue weighted by molar-refractivity contribution is 0.248. The highest BCUT2D eigenvalue weighted by Gasteiger charge is 2.05. The fourth-order valence-corrected chi connectivity index (χ4v) is 0.963. The lowest BCUT2D eigenvalue weighted by Gasteiger charge is -2.18. The van der Waals surface area contributed by atoms with Crippen LogP contribution >= 0.6 is 0 Å². The fourth-order valence-electron chi connectivity index (χ4n) is 0.963. The van der Waals surface area contributed by atoms with Crippen LogP contribution in [0, 0.1) is 11.6 Å². The molecule has 0 aliphatic heterocycles. The van der Waals surface area contributed by atoms with Gasteiger partial charge in [0.25, 0.3) is 0 Å². The van der Waals surface area contributed by atoms with Crippen LogP contribution in [0.25, 0.3) is 0 Å². The number of benzene rings is 1. The molecule has 0 fully saturated rings. The van der Waals surface area contributed by atoms with Crippen molar-refractivity contribution in [2.75, 3.05) is 12.1 Å². The minimum Gasteiger partial charge on any atom is -0.350 e. The van der Waals surface area contributed by atoms with E-state index in [-0.39, 0.29) is 5.69 Å². The molecule has 1 aromatic carbocycles. The summed E-state index contributed by atoms with van der Waals surface area (Å²) in [6.07, 6.45) is 0. The van der Waals surface area contributed by atoms with Crippen LogP contribution in [0.15, 0.2) is 18.2 Å². The van der Waals surface area contributed by atoms with Gasteiger partial charge in [0.15, 0.2) is 0 Å². The summed E-state index contributed by atoms with van der Waals surface area (Å²) in [6.45, 7) is 0. The first-order valence-electron chi connectivity index (χ1n) is 3.75. The van der Waals surface area contributed by atoms with Crippen LogP contribution in [0.3, 0.4) is 0 Å². The Labute approximate surface area is 79.3 Å². The average molecular weight is 201 g/mol. The standard InChI is InChI=1S/C8H9F2N3O/c1-13(12-8(11)14)7-3-5(9)2-6(10)4-7/h2-4H,1H3,(H3,11,12,14). The van der Waals surface area contributed by atoms with Gasteiger partial charge in [0.2, 0.25) is 0 Å². The van der Waals surface area contributed by atoms with E-state index in [0.29, 0.717) is 0 Å². The normalized spacial score (nSPS) is 9.64. The molecule has 1 rings (SSSR count). The van der Waals surface area contributed by atoms with E-state index >= 15 is 0 Å². The number of nitrogens with zero attached hydrogens (tertiary/aromatic N) is 1. The van der Waals surface area contributed by atoms with Crippen LogP contribution in [0.5, 0.6) is 0 Å². The number of carbonyl (C=O) groups excluding carboxylic acids is 1. The molecule has 0 saturated heterocycles. The molecule has 0 aromatic heterocycles. The molecule has 0 saturated carbocycles. The number of anilines is 1. The number of primary amides is 1. The highest BCUT2D eigenvalue weighted by Crippen LogP contribution is 2.14. The largest absolute Gasteiger partial charge is 0.350 e. The van der Waals surface area contributed by atoms with Gasteiger partial charge in [0, 0.05) is 13.1 Å². The third-order valence-corrected chi connectivity index (χ3v) is 1.51. The number of hydrogen-bond acceptors (Lipinski definition) is 2. The van der Waals surface area contributed by atoms with Gasteiger partial charge in [0.05, 0.1) is 5.69 Å². The van der Waals surface area contributed by atoms with Gasteiger partial charge >= 0.3 is 6.03 Å². The zero-order valence-corrected chi connectivity index (χ0v) is 7.42. The molecule has 0 aliphatic carbocycles. The minimum absolute atomic E-state index is 0.168. The molecule has 1 aromatic rings. The van der Waals surface area contributed by atoms with E-state index in [9.17, 15) is 13.6 Å². The van der Waals surface area contributed by atoms with Crippen molar-refractivity contribution >= 4 is 11.7 Å². The molecule has 0 bridgehead atoms. The molecule has 0 heterocycles. The van der Waals surface area contributed by atoms with Gasteiger partial charge in [-0.3, -0.25) is 5.01 Å². The Balaban J connectivity index is 2.89. The summed E-state index contributed by atoms with van der Waals surface area (Å²) in [7, 11) is 1.42. The number of nitrogens with two attached hydrogens (primary N) is 1. The Hall–Kier alpha value is -1.85. The Morgan fingerprint density at radius 1 is 1.36 bits per heavy atom. The van der Waals surface area contributed by atoms with Gasteiger partial charge in [-0.05, 0) is 12.1 Å². The summed E-state index contributed by atoms with van der Waals surface area (Å²) in [4.78, 5) is 10.4. The Bertz CT molecular complexity index is 336. The van der Waals surface area contributed by atoms with E-state index in [1.54, 1.807) is 0 Å². The molecule has 76 valence electrons. The third-order valence-electron chi connectivity index (χ3n) is 1.51. The summed E-state index contributed by atoms with van der Waals surface area (Å²) in [6, 6.07) is 2.07. The summed E-state index contributed by atoms with van der Waals surface area (Å²) >= 11 is 0. The number of hydrogen-bond donors (Lipinski definition) is 2. The number of nitrogens with one attached hydrogen (secondary N) is 1. The van der Waals surface area contributed by atoms with Gasteiger partial charge in [-0.1, -0.05) is 0 Å². The maximum atomic E-state index is 12.7. The number of urea groups is 1. The highest BCUT2D eigenvalue weighted by molar-refractivity contribution is 5.73. The third kappa shape index (κ3) is 2.58. The van der Waals surface area contributed by atoms with Crippen molar-refractivity contribution in [3.63, 3.8) is 0 Å². The second kappa shape index (κ2) is 3.91. The Morgan fingerprint density at radius 2 is 1.86 bits per heavy atom. The van der Waals surface area contributed by atoms with Gasteiger partial charge in [0.1, 0.15) is 11.6 Å². The zero-order chi connectivity index (χ0) is 10.7. The summed E-state index contributed by atoms with van der Waals surface area (Å²) < 4.78 is 25.4. The SMILES string of the molecule is CN(NC(N)=O)c1cc(F)cc(F)c1. The van der Waals surface area contributed by atoms with E-state index in [1.807, 2.05) is 0 Å². The molecular formula is C8H9F2N3O. The van der Waals surface area contributed by atoms with Crippen LogP contribution < -0.4 is 16.2 Å². The lowest BCUT2D eigenvalue weighted by Crippen LogP contribution is -2.42. The Kier molecular flexibility index (Phi) is 2.85. The number of rotatable bonds is 2. The van der Waals surface area contributed by atoms with Crippen molar-refractivity contribution in [3.05, 3.63) is 29.8 Å². The Morgan fingerprint density at radius 3 is 2.29 bits per heavy atom. The van der Waals surface area contributed by atoms with E-state index in [2.05, 4.69) is 5.43 Å². The number of amides is 2. The maximum Gasteiger partial charge on any atom is 0.330 e. The van der Waals surface area contributed by atoms with Gasteiger partial charge in [-0.15, -0.1) is 0 Å². The van der Waals surface area contributed by atoms with Crippen LogP contribution in [0.4, 0.5) is 19.3 Å². The van der Waals surface area contributed by atoms with E-state index in [0.717, 1.165) is 23.2 Å². The van der Waals surface area contributed by atoms with Gasteiger partial charge in [-0.2, -0.15) is 0 Å². The predicted octanol–water partition coefficient (Wildman–Crippen LogP) is 0.984. The van der Waals surface area contributed by atoms with Crippen molar-refractivity contribution < 1.29 is 13.6 Å². The van der Waals surface area contributed by atoms with Crippen LogP contribution in [0.2, 0.25) is 0 Å². The highest BCUT2D eigenvalue weighted by atomic mass is 19.1. The van der Waals surface area contributed by atoms with Crippen molar-refractivity contribution in [1.29, 1.82) is 0 Å². The zero-order valence-electron chi connectivity index (χ0n) is 7.42. The first-order chi connectivity index (χ1) is 6.49. The quantitative estimate of drug-likeness (QED) is 0.701. The molecule has 0 radical (unpaired) electrons. The topological polar surface area (TPSA) is 58.4 Å². The lowest BCUT2D eigenvalue weighted by atomic mass is 10.3. The van der Waals surface area contributed by atoms with Crippen molar-refractivity contribution in [2.24, 2.45) is 5.73 Å². The van der Waals surface area contributed by atoms with E-state index in [1.165, 1.54) is 7.05 Å². The van der Waals surface area contributed by atoms with Crippen LogP contribution in [-0.4, -0.2) is 13.1 Å². The fraction of sp³-hybridized carbons (Fsp3) is 0.125. The van der Waals surface area contributed by atoms with Crippen molar-refractivity contribution in [2.45, 2.75) is 0 Å². The predicted molar refractivity (Wildman–Crippen MR) is 47.5 cm³/mol. The van der Waals surface area contributed by atoms with E-state index < -0.39 is 17.7 Å². The second-order valence-corrected chi connectivity index (χ2v) is 2.66. The number of carbonyl (C=O) groups is 1. The molecule has 0 atom stereocenters. The molecule has 3 N–H and O–H groups in total. The molecule has 0 unspecified atom stereocenters. The number of halogens is 2. The first kappa shape index (κ1) is 10.2. The molecular weight excluding hydrogens is 192 g/mol.